The molecule has 1 heterocycles. The van der Waals surface area contributed by atoms with Gasteiger partial charge in [0.2, 0.25) is 11.8 Å². The number of nitrogens with one attached hydrogen (secondary N) is 2. The molecule has 1 fully saturated rings. The van der Waals surface area contributed by atoms with Gasteiger partial charge in [0.05, 0.1) is 25.4 Å². The van der Waals surface area contributed by atoms with Crippen molar-refractivity contribution in [2.45, 2.75) is 31.6 Å². The molecule has 0 bridgehead atoms. The quantitative estimate of drug-likeness (QED) is 0.735. The topological polar surface area (TPSA) is 89.0 Å². The third-order valence-electron chi connectivity index (χ3n) is 3.65. The lowest BCUT2D eigenvalue weighted by atomic mass is 10.2. The fourth-order valence-electron chi connectivity index (χ4n) is 2.38. The molecule has 0 saturated carbocycles. The number of thioether (sulfide) groups is 1. The zero-order valence-corrected chi connectivity index (χ0v) is 16.7. The van der Waals surface area contributed by atoms with Gasteiger partial charge in [-0.1, -0.05) is 23.4 Å². The molecule has 0 spiro atoms. The van der Waals surface area contributed by atoms with Gasteiger partial charge in [0.15, 0.2) is 5.17 Å². The Kier molecular flexibility index (Phi) is 7.31. The third kappa shape index (κ3) is 5.36. The maximum atomic E-state index is 12.4. The lowest BCUT2D eigenvalue weighted by Crippen LogP contribution is -2.28. The summed E-state index contributed by atoms with van der Waals surface area (Å²) < 4.78 is 10.3. The number of rotatable bonds is 7. The van der Waals surface area contributed by atoms with Crippen LogP contribution in [0.1, 0.15) is 18.9 Å². The Labute approximate surface area is 161 Å². The highest BCUT2D eigenvalue weighted by Gasteiger charge is 2.32. The average molecular weight is 400 g/mol. The number of aliphatic imine (C=N–C) groups is 1. The van der Waals surface area contributed by atoms with E-state index < -0.39 is 5.25 Å². The molecule has 2 N–H and O–H groups in total. The van der Waals surface area contributed by atoms with Crippen LogP contribution in [0.2, 0.25) is 5.02 Å². The van der Waals surface area contributed by atoms with Crippen molar-refractivity contribution in [3.05, 3.63) is 22.7 Å². The van der Waals surface area contributed by atoms with Gasteiger partial charge in [0.1, 0.15) is 11.0 Å². The van der Waals surface area contributed by atoms with Crippen molar-refractivity contribution in [3.8, 4) is 5.75 Å². The van der Waals surface area contributed by atoms with Crippen LogP contribution >= 0.6 is 23.4 Å². The Bertz CT molecular complexity index is 726. The number of hydrogen-bond acceptors (Lipinski definition) is 6. The second kappa shape index (κ2) is 9.25. The summed E-state index contributed by atoms with van der Waals surface area (Å²) in [4.78, 5) is 28.8. The summed E-state index contributed by atoms with van der Waals surface area (Å²) in [6, 6.07) is 3.31. The minimum absolute atomic E-state index is 0.0268. The van der Waals surface area contributed by atoms with Gasteiger partial charge in [-0.2, -0.15) is 0 Å². The molecule has 2 atom stereocenters. The highest BCUT2D eigenvalue weighted by Crippen LogP contribution is 2.31. The number of halogens is 1. The van der Waals surface area contributed by atoms with Gasteiger partial charge in [0.25, 0.3) is 0 Å². The summed E-state index contributed by atoms with van der Waals surface area (Å²) in [5.74, 6) is -0.0512. The fraction of sp³-hybridized carbons (Fsp3) is 0.471. The van der Waals surface area contributed by atoms with E-state index in [-0.39, 0.29) is 24.3 Å². The van der Waals surface area contributed by atoms with E-state index in [1.807, 2.05) is 13.8 Å². The van der Waals surface area contributed by atoms with Crippen LogP contribution in [0.4, 0.5) is 5.69 Å². The summed E-state index contributed by atoms with van der Waals surface area (Å²) >= 11 is 7.31. The minimum atomic E-state index is -0.525. The van der Waals surface area contributed by atoms with Crippen LogP contribution in [-0.4, -0.2) is 49.1 Å². The predicted molar refractivity (Wildman–Crippen MR) is 104 cm³/mol. The number of anilines is 1. The van der Waals surface area contributed by atoms with Crippen LogP contribution in [-0.2, 0) is 14.3 Å². The first kappa shape index (κ1) is 20.5. The maximum absolute atomic E-state index is 12.4. The molecule has 1 saturated heterocycles. The Morgan fingerprint density at radius 1 is 1.46 bits per heavy atom. The Hall–Kier alpha value is -1.77. The number of ether oxygens (including phenoxy) is 2. The number of nitrogens with zero attached hydrogens (tertiary/aromatic N) is 1. The fourth-order valence-corrected chi connectivity index (χ4v) is 3.60. The van der Waals surface area contributed by atoms with E-state index in [4.69, 9.17) is 21.1 Å². The Morgan fingerprint density at radius 2 is 2.19 bits per heavy atom. The van der Waals surface area contributed by atoms with Crippen LogP contribution < -0.4 is 15.4 Å². The largest absolute Gasteiger partial charge is 0.495 e. The summed E-state index contributed by atoms with van der Waals surface area (Å²) in [6.45, 7) is 4.18. The molecule has 9 heteroatoms. The van der Waals surface area contributed by atoms with Gasteiger partial charge >= 0.3 is 0 Å². The van der Waals surface area contributed by atoms with Crippen LogP contribution in [0.25, 0.3) is 0 Å². The molecular formula is C17H22ClN3O4S. The molecule has 7 nitrogen and oxygen atoms in total. The van der Waals surface area contributed by atoms with E-state index in [1.165, 1.54) is 18.9 Å². The molecule has 0 aliphatic carbocycles. The van der Waals surface area contributed by atoms with Crippen molar-refractivity contribution >= 4 is 46.0 Å². The number of hydrogen-bond donors (Lipinski definition) is 2. The van der Waals surface area contributed by atoms with Gasteiger partial charge in [-0.25, -0.2) is 0 Å². The Balaban J connectivity index is 2.00. The minimum Gasteiger partial charge on any atom is -0.495 e. The number of aryl methyl sites for hydroxylation is 1. The number of benzene rings is 1. The van der Waals surface area contributed by atoms with Gasteiger partial charge in [0, 0.05) is 24.6 Å². The van der Waals surface area contributed by atoms with Crippen LogP contribution in [0.3, 0.4) is 0 Å². The third-order valence-corrected chi connectivity index (χ3v) is 5.15. The molecule has 0 aromatic heterocycles. The van der Waals surface area contributed by atoms with E-state index in [0.29, 0.717) is 28.2 Å². The van der Waals surface area contributed by atoms with Gasteiger partial charge < -0.3 is 20.1 Å². The zero-order chi connectivity index (χ0) is 19.3. The monoisotopic (exact) mass is 399 g/mol. The first-order valence-corrected chi connectivity index (χ1v) is 9.28. The molecule has 2 rings (SSSR count). The molecule has 1 aliphatic heterocycles. The zero-order valence-electron chi connectivity index (χ0n) is 15.1. The first-order chi connectivity index (χ1) is 12.3. The van der Waals surface area contributed by atoms with E-state index in [2.05, 4.69) is 15.6 Å². The smallest absolute Gasteiger partial charge is 0.240 e. The van der Waals surface area contributed by atoms with Gasteiger partial charge in [-0.15, -0.1) is 0 Å². The first-order valence-electron chi connectivity index (χ1n) is 8.02. The summed E-state index contributed by atoms with van der Waals surface area (Å²) in [6.07, 6.45) is 0.0268. The highest BCUT2D eigenvalue weighted by molar-refractivity contribution is 8.15. The molecule has 1 aromatic carbocycles. The number of carbonyl (C=O) groups excluding carboxylic acids is 2. The summed E-state index contributed by atoms with van der Waals surface area (Å²) in [5.41, 5.74) is 1.34. The number of amides is 2. The number of methoxy groups -OCH3 is 2. The predicted octanol–water partition coefficient (Wildman–Crippen LogP) is 2.61. The lowest BCUT2D eigenvalue weighted by molar-refractivity contribution is -0.122. The van der Waals surface area contributed by atoms with Crippen LogP contribution in [0.15, 0.2) is 17.1 Å². The van der Waals surface area contributed by atoms with Crippen molar-refractivity contribution < 1.29 is 19.1 Å². The molecule has 26 heavy (non-hydrogen) atoms. The molecule has 0 unspecified atom stereocenters. The normalized spacial score (nSPS) is 19.3. The number of carbonyl (C=O) groups is 2. The molecule has 2 amide bonds. The van der Waals surface area contributed by atoms with E-state index in [9.17, 15) is 9.59 Å². The maximum Gasteiger partial charge on any atom is 0.240 e. The molecule has 142 valence electrons. The molecular weight excluding hydrogens is 378 g/mol. The van der Waals surface area contributed by atoms with Crippen molar-refractivity contribution in [1.82, 2.24) is 5.32 Å². The summed E-state index contributed by atoms with van der Waals surface area (Å²) in [7, 11) is 3.10. The lowest BCUT2D eigenvalue weighted by Gasteiger charge is -2.13. The van der Waals surface area contributed by atoms with Crippen molar-refractivity contribution in [1.29, 1.82) is 0 Å². The van der Waals surface area contributed by atoms with Crippen molar-refractivity contribution in [2.75, 3.05) is 26.1 Å². The second-order valence-electron chi connectivity index (χ2n) is 5.89. The average Bonchev–Trinajstić information content (AvgIpc) is 2.89. The highest BCUT2D eigenvalue weighted by atomic mass is 35.5. The second-order valence-corrected chi connectivity index (χ2v) is 7.49. The van der Waals surface area contributed by atoms with Crippen LogP contribution in [0.5, 0.6) is 5.75 Å². The van der Waals surface area contributed by atoms with Gasteiger partial charge in [-0.05, 0) is 25.5 Å². The van der Waals surface area contributed by atoms with Crippen molar-refractivity contribution in [2.24, 2.45) is 4.99 Å². The molecule has 1 aliphatic rings. The standard InChI is InChI=1S/C17H22ClN3O4S/c1-9-5-12(13(25-4)6-11(9)18)20-15(22)7-14-16(23)21-17(26-14)19-10(2)8-24-3/h5-6,10,14H,7-8H2,1-4H3,(H,20,22)(H,19,21,23)/t10-,14+/m1/s1. The Morgan fingerprint density at radius 3 is 2.85 bits per heavy atom. The summed E-state index contributed by atoms with van der Waals surface area (Å²) in [5, 5.41) is 6.01. The van der Waals surface area contributed by atoms with E-state index in [1.54, 1.807) is 19.2 Å². The van der Waals surface area contributed by atoms with Crippen LogP contribution in [0, 0.1) is 6.92 Å². The van der Waals surface area contributed by atoms with Crippen molar-refractivity contribution in [3.63, 3.8) is 0 Å². The SMILES string of the molecule is COC[C@@H](C)N=C1NC(=O)[C@H](CC(=O)Nc2cc(C)c(Cl)cc2OC)S1. The van der Waals surface area contributed by atoms with Gasteiger partial charge in [-0.3, -0.25) is 14.6 Å². The molecule has 0 radical (unpaired) electrons. The van der Waals surface area contributed by atoms with E-state index in [0.717, 1.165) is 5.56 Å². The number of amidine groups is 1. The van der Waals surface area contributed by atoms with E-state index >= 15 is 0 Å². The molecule has 1 aromatic rings.